The lowest BCUT2D eigenvalue weighted by atomic mass is 10.4. The molecule has 0 bridgehead atoms. The van der Waals surface area contributed by atoms with Crippen molar-refractivity contribution in [3.8, 4) is 0 Å². The van der Waals surface area contributed by atoms with Gasteiger partial charge in [0.25, 0.3) is 0 Å². The van der Waals surface area contributed by atoms with Gasteiger partial charge in [-0.25, -0.2) is 4.98 Å². The molecule has 20 heavy (non-hydrogen) atoms. The minimum atomic E-state index is 0.0291. The van der Waals surface area contributed by atoms with Crippen LogP contribution >= 0.6 is 11.6 Å². The summed E-state index contributed by atoms with van der Waals surface area (Å²) in [5.74, 6) is 1.36. The minimum absolute atomic E-state index is 0.0291. The number of nitrogens with zero attached hydrogens (tertiary/aromatic N) is 4. The Kier molecular flexibility index (Phi) is 3.41. The lowest BCUT2D eigenvalue weighted by Crippen LogP contribution is -2.30. The molecule has 0 unspecified atom stereocenters. The summed E-state index contributed by atoms with van der Waals surface area (Å²) in [4.78, 5) is 16.6. The number of halogens is 1. The van der Waals surface area contributed by atoms with Gasteiger partial charge in [0.15, 0.2) is 5.65 Å². The Morgan fingerprint density at radius 1 is 1.50 bits per heavy atom. The van der Waals surface area contributed by atoms with Crippen molar-refractivity contribution in [1.29, 1.82) is 0 Å². The predicted octanol–water partition coefficient (Wildman–Crippen LogP) is 1.14. The molecule has 2 heterocycles. The summed E-state index contributed by atoms with van der Waals surface area (Å²) < 4.78 is 3.70. The molecule has 1 aliphatic carbocycles. The van der Waals surface area contributed by atoms with E-state index >= 15 is 0 Å². The van der Waals surface area contributed by atoms with E-state index in [0.29, 0.717) is 18.3 Å². The standard InChI is InChI=1S/C13H18ClN5O/c1-8-12-13(18(2)17-8)19(10(16-12)5-6-14)7-11(20)15-9-3-4-9/h9H,3-7H2,1-2H3,(H,15,20). The number of carbonyl (C=O) groups is 1. The number of hydrogen-bond acceptors (Lipinski definition) is 3. The molecule has 7 heteroatoms. The van der Waals surface area contributed by atoms with Gasteiger partial charge >= 0.3 is 0 Å². The van der Waals surface area contributed by atoms with Gasteiger partial charge in [0.05, 0.1) is 5.69 Å². The molecule has 1 N–H and O–H groups in total. The van der Waals surface area contributed by atoms with Crippen LogP contribution in [-0.2, 0) is 24.8 Å². The monoisotopic (exact) mass is 295 g/mol. The molecule has 0 aromatic carbocycles. The van der Waals surface area contributed by atoms with Crippen molar-refractivity contribution in [3.05, 3.63) is 11.5 Å². The molecule has 2 aromatic heterocycles. The summed E-state index contributed by atoms with van der Waals surface area (Å²) in [6, 6.07) is 0.367. The van der Waals surface area contributed by atoms with Crippen LogP contribution in [0.15, 0.2) is 0 Å². The Balaban J connectivity index is 1.96. The third-order valence-electron chi connectivity index (χ3n) is 3.53. The molecule has 0 spiro atoms. The highest BCUT2D eigenvalue weighted by molar-refractivity contribution is 6.17. The zero-order valence-corrected chi connectivity index (χ0v) is 12.4. The van der Waals surface area contributed by atoms with Crippen molar-refractivity contribution < 1.29 is 4.79 Å². The molecule has 2 aromatic rings. The summed E-state index contributed by atoms with van der Waals surface area (Å²) >= 11 is 5.84. The SMILES string of the molecule is Cc1nn(C)c2c1nc(CCCl)n2CC(=O)NC1CC1. The highest BCUT2D eigenvalue weighted by Crippen LogP contribution is 2.21. The van der Waals surface area contributed by atoms with E-state index in [0.717, 1.165) is 35.5 Å². The van der Waals surface area contributed by atoms with Gasteiger partial charge in [-0.1, -0.05) is 0 Å². The van der Waals surface area contributed by atoms with Crippen LogP contribution in [0.1, 0.15) is 24.4 Å². The number of alkyl halides is 1. The second-order valence-corrected chi connectivity index (χ2v) is 5.65. The number of aromatic nitrogens is 4. The largest absolute Gasteiger partial charge is 0.352 e. The second kappa shape index (κ2) is 5.09. The first kappa shape index (κ1) is 13.4. The van der Waals surface area contributed by atoms with Gasteiger partial charge in [-0.2, -0.15) is 5.10 Å². The maximum absolute atomic E-state index is 12.1. The summed E-state index contributed by atoms with van der Waals surface area (Å²) in [7, 11) is 1.87. The Morgan fingerprint density at radius 2 is 2.25 bits per heavy atom. The third kappa shape index (κ3) is 2.40. The molecule has 1 aliphatic rings. The van der Waals surface area contributed by atoms with Gasteiger partial charge in [-0.05, 0) is 19.8 Å². The van der Waals surface area contributed by atoms with Gasteiger partial charge in [-0.15, -0.1) is 11.6 Å². The maximum Gasteiger partial charge on any atom is 0.240 e. The molecular weight excluding hydrogens is 278 g/mol. The van der Waals surface area contributed by atoms with Crippen molar-refractivity contribution in [1.82, 2.24) is 24.6 Å². The van der Waals surface area contributed by atoms with Crippen LogP contribution in [0.2, 0.25) is 0 Å². The van der Waals surface area contributed by atoms with Crippen molar-refractivity contribution in [2.75, 3.05) is 5.88 Å². The summed E-state index contributed by atoms with van der Waals surface area (Å²) in [5.41, 5.74) is 2.61. The van der Waals surface area contributed by atoms with Crippen molar-refractivity contribution >= 4 is 28.7 Å². The molecule has 0 aliphatic heterocycles. The van der Waals surface area contributed by atoms with E-state index in [1.54, 1.807) is 4.68 Å². The average molecular weight is 296 g/mol. The number of fused-ring (bicyclic) bond motifs is 1. The number of amides is 1. The Labute approximate surface area is 122 Å². The van der Waals surface area contributed by atoms with E-state index in [1.165, 1.54) is 0 Å². The number of nitrogens with one attached hydrogen (secondary N) is 1. The first-order chi connectivity index (χ1) is 9.60. The van der Waals surface area contributed by atoms with Crippen LogP contribution < -0.4 is 5.32 Å². The highest BCUT2D eigenvalue weighted by Gasteiger charge is 2.25. The molecule has 0 saturated heterocycles. The van der Waals surface area contributed by atoms with Crippen molar-refractivity contribution in [2.24, 2.45) is 7.05 Å². The predicted molar refractivity (Wildman–Crippen MR) is 76.8 cm³/mol. The van der Waals surface area contributed by atoms with E-state index in [1.807, 2.05) is 18.5 Å². The Hall–Kier alpha value is -1.56. The fraction of sp³-hybridized carbons (Fsp3) is 0.615. The van der Waals surface area contributed by atoms with Crippen LogP contribution in [-0.4, -0.2) is 37.2 Å². The molecule has 0 atom stereocenters. The van der Waals surface area contributed by atoms with Crippen LogP contribution in [0.25, 0.3) is 11.2 Å². The number of hydrogen-bond donors (Lipinski definition) is 1. The normalized spacial score (nSPS) is 14.9. The van der Waals surface area contributed by atoms with E-state index in [2.05, 4.69) is 15.4 Å². The molecule has 3 rings (SSSR count). The lowest BCUT2D eigenvalue weighted by Gasteiger charge is -2.09. The number of rotatable bonds is 5. The van der Waals surface area contributed by atoms with Crippen LogP contribution in [0.3, 0.4) is 0 Å². The van der Waals surface area contributed by atoms with Crippen LogP contribution in [0.5, 0.6) is 0 Å². The number of carbonyl (C=O) groups excluding carboxylic acids is 1. The topological polar surface area (TPSA) is 64.7 Å². The third-order valence-corrected chi connectivity index (χ3v) is 3.72. The Bertz CT molecular complexity index is 655. The van der Waals surface area contributed by atoms with Gasteiger partial charge in [0, 0.05) is 25.4 Å². The summed E-state index contributed by atoms with van der Waals surface area (Å²) in [5, 5.41) is 7.36. The van der Waals surface area contributed by atoms with Gasteiger partial charge in [0.1, 0.15) is 17.9 Å². The molecule has 1 fully saturated rings. The quantitative estimate of drug-likeness (QED) is 0.841. The molecule has 6 nitrogen and oxygen atoms in total. The van der Waals surface area contributed by atoms with Crippen molar-refractivity contribution in [2.45, 2.75) is 38.8 Å². The molecular formula is C13H18ClN5O. The van der Waals surface area contributed by atoms with Crippen LogP contribution in [0, 0.1) is 6.92 Å². The van der Waals surface area contributed by atoms with Gasteiger partial charge in [0.2, 0.25) is 5.91 Å². The highest BCUT2D eigenvalue weighted by atomic mass is 35.5. The fourth-order valence-corrected chi connectivity index (χ4v) is 2.64. The second-order valence-electron chi connectivity index (χ2n) is 5.28. The number of imidazole rings is 1. The van der Waals surface area contributed by atoms with Gasteiger partial charge < -0.3 is 9.88 Å². The van der Waals surface area contributed by atoms with E-state index in [-0.39, 0.29) is 12.5 Å². The molecule has 1 saturated carbocycles. The van der Waals surface area contributed by atoms with E-state index < -0.39 is 0 Å². The zero-order valence-electron chi connectivity index (χ0n) is 11.7. The summed E-state index contributed by atoms with van der Waals surface area (Å²) in [6.45, 7) is 2.20. The maximum atomic E-state index is 12.1. The minimum Gasteiger partial charge on any atom is -0.352 e. The average Bonchev–Trinajstić information content (AvgIpc) is 3.05. The van der Waals surface area contributed by atoms with E-state index in [9.17, 15) is 4.79 Å². The first-order valence-corrected chi connectivity index (χ1v) is 7.37. The summed E-state index contributed by atoms with van der Waals surface area (Å²) in [6.07, 6.45) is 2.82. The zero-order chi connectivity index (χ0) is 14.3. The van der Waals surface area contributed by atoms with Crippen LogP contribution in [0.4, 0.5) is 0 Å². The smallest absolute Gasteiger partial charge is 0.240 e. The molecule has 1 amide bonds. The molecule has 108 valence electrons. The van der Waals surface area contributed by atoms with E-state index in [4.69, 9.17) is 11.6 Å². The lowest BCUT2D eigenvalue weighted by molar-refractivity contribution is -0.121. The first-order valence-electron chi connectivity index (χ1n) is 6.84. The Morgan fingerprint density at radius 3 is 2.90 bits per heavy atom. The molecule has 0 radical (unpaired) electrons. The number of aryl methyl sites for hydroxylation is 3. The van der Waals surface area contributed by atoms with Gasteiger partial charge in [-0.3, -0.25) is 9.48 Å². The fourth-order valence-electron chi connectivity index (χ4n) is 2.47. The van der Waals surface area contributed by atoms with Crippen molar-refractivity contribution in [3.63, 3.8) is 0 Å².